The maximum atomic E-state index is 4.61. The van der Waals surface area contributed by atoms with E-state index in [1.165, 1.54) is 56.6 Å². The van der Waals surface area contributed by atoms with Crippen molar-refractivity contribution in [2.75, 3.05) is 13.1 Å². The predicted octanol–water partition coefficient (Wildman–Crippen LogP) is 2.95. The van der Waals surface area contributed by atoms with Crippen LogP contribution in [0.5, 0.6) is 0 Å². The summed E-state index contributed by atoms with van der Waals surface area (Å²) in [5.74, 6) is 1.74. The third kappa shape index (κ3) is 2.30. The second kappa shape index (κ2) is 4.84. The Morgan fingerprint density at radius 1 is 1.25 bits per heavy atom. The van der Waals surface area contributed by atoms with Gasteiger partial charge in [-0.3, -0.25) is 0 Å². The van der Waals surface area contributed by atoms with Crippen molar-refractivity contribution >= 4 is 11.3 Å². The lowest BCUT2D eigenvalue weighted by molar-refractivity contribution is 0.372. The van der Waals surface area contributed by atoms with Crippen molar-refractivity contribution in [1.82, 2.24) is 10.3 Å². The first-order valence-electron chi connectivity index (χ1n) is 6.57. The molecule has 0 amide bonds. The largest absolute Gasteiger partial charge is 0.317 e. The van der Waals surface area contributed by atoms with E-state index in [4.69, 9.17) is 0 Å². The van der Waals surface area contributed by atoms with Crippen molar-refractivity contribution in [1.29, 1.82) is 0 Å². The van der Waals surface area contributed by atoms with Crippen molar-refractivity contribution in [3.05, 3.63) is 16.1 Å². The van der Waals surface area contributed by atoms with E-state index in [-0.39, 0.29) is 0 Å². The molecular formula is C13H20N2S. The maximum Gasteiger partial charge on any atom is 0.0930 e. The lowest BCUT2D eigenvalue weighted by Gasteiger charge is -2.23. The molecule has 2 aliphatic rings. The number of rotatable bonds is 3. The first-order chi connectivity index (χ1) is 7.92. The number of piperidine rings is 1. The summed E-state index contributed by atoms with van der Waals surface area (Å²) in [5.41, 5.74) is 0. The van der Waals surface area contributed by atoms with Crippen LogP contribution in [0.1, 0.15) is 47.9 Å². The summed E-state index contributed by atoms with van der Waals surface area (Å²) in [6.45, 7) is 2.40. The molecule has 1 aliphatic heterocycles. The van der Waals surface area contributed by atoms with Crippen molar-refractivity contribution in [3.63, 3.8) is 0 Å². The summed E-state index contributed by atoms with van der Waals surface area (Å²) >= 11 is 1.98. The minimum atomic E-state index is 0.860. The van der Waals surface area contributed by atoms with Crippen LogP contribution in [-0.2, 0) is 6.42 Å². The van der Waals surface area contributed by atoms with Gasteiger partial charge in [-0.15, -0.1) is 11.3 Å². The lowest BCUT2D eigenvalue weighted by Crippen LogP contribution is -2.28. The molecule has 0 atom stereocenters. The van der Waals surface area contributed by atoms with Gasteiger partial charge in [0.1, 0.15) is 0 Å². The number of nitrogens with one attached hydrogen (secondary N) is 1. The molecule has 1 aromatic heterocycles. The molecule has 0 bridgehead atoms. The zero-order valence-electron chi connectivity index (χ0n) is 9.74. The van der Waals surface area contributed by atoms with Crippen LogP contribution in [0.2, 0.25) is 0 Å². The molecule has 0 unspecified atom stereocenters. The third-order valence-corrected chi connectivity index (χ3v) is 5.18. The van der Waals surface area contributed by atoms with Gasteiger partial charge in [0.15, 0.2) is 0 Å². The van der Waals surface area contributed by atoms with Crippen LogP contribution >= 0.6 is 11.3 Å². The molecule has 16 heavy (non-hydrogen) atoms. The Morgan fingerprint density at radius 2 is 2.06 bits per heavy atom. The molecule has 3 heteroatoms. The molecule has 1 N–H and O–H groups in total. The van der Waals surface area contributed by atoms with E-state index < -0.39 is 0 Å². The van der Waals surface area contributed by atoms with Crippen molar-refractivity contribution < 1.29 is 0 Å². The fourth-order valence-corrected chi connectivity index (χ4v) is 3.84. The van der Waals surface area contributed by atoms with Gasteiger partial charge in [-0.25, -0.2) is 4.98 Å². The molecule has 0 aromatic carbocycles. The Labute approximate surface area is 101 Å². The van der Waals surface area contributed by atoms with Crippen LogP contribution in [0.15, 0.2) is 6.20 Å². The fraction of sp³-hybridized carbons (Fsp3) is 0.769. The van der Waals surface area contributed by atoms with Crippen LogP contribution in [0.4, 0.5) is 0 Å². The minimum absolute atomic E-state index is 0.860. The summed E-state index contributed by atoms with van der Waals surface area (Å²) in [5, 5.41) is 4.81. The van der Waals surface area contributed by atoms with Gasteiger partial charge in [-0.1, -0.05) is 6.42 Å². The highest BCUT2D eigenvalue weighted by atomic mass is 32.1. The van der Waals surface area contributed by atoms with Crippen LogP contribution in [0, 0.1) is 5.92 Å². The lowest BCUT2D eigenvalue weighted by atomic mass is 9.85. The predicted molar refractivity (Wildman–Crippen MR) is 68.0 cm³/mol. The van der Waals surface area contributed by atoms with Gasteiger partial charge in [0.05, 0.1) is 5.01 Å². The number of nitrogens with zero attached hydrogens (tertiary/aromatic N) is 1. The number of aromatic nitrogens is 1. The molecule has 2 nitrogen and oxygen atoms in total. The zero-order valence-corrected chi connectivity index (χ0v) is 10.6. The van der Waals surface area contributed by atoms with Gasteiger partial charge in [0.25, 0.3) is 0 Å². The second-order valence-electron chi connectivity index (χ2n) is 5.18. The monoisotopic (exact) mass is 236 g/mol. The molecule has 0 spiro atoms. The van der Waals surface area contributed by atoms with Crippen molar-refractivity contribution in [2.24, 2.45) is 5.92 Å². The van der Waals surface area contributed by atoms with Gasteiger partial charge in [-0.2, -0.15) is 0 Å². The highest BCUT2D eigenvalue weighted by Crippen LogP contribution is 2.39. The highest BCUT2D eigenvalue weighted by Gasteiger charge is 2.22. The van der Waals surface area contributed by atoms with E-state index in [2.05, 4.69) is 16.5 Å². The zero-order chi connectivity index (χ0) is 10.8. The Kier molecular flexibility index (Phi) is 3.25. The van der Waals surface area contributed by atoms with Crippen LogP contribution in [0.3, 0.4) is 0 Å². The Bertz CT molecular complexity index is 337. The van der Waals surface area contributed by atoms with E-state index in [1.807, 2.05) is 11.3 Å². The van der Waals surface area contributed by atoms with Gasteiger partial charge < -0.3 is 5.32 Å². The second-order valence-corrected chi connectivity index (χ2v) is 6.33. The number of hydrogen-bond donors (Lipinski definition) is 1. The van der Waals surface area contributed by atoms with E-state index in [0.29, 0.717) is 0 Å². The molecule has 1 saturated heterocycles. The molecule has 2 heterocycles. The molecule has 1 saturated carbocycles. The smallest absolute Gasteiger partial charge is 0.0930 e. The standard InChI is InChI=1S/C13H20N2S/c1-2-11(3-1)12-9-15-13(16-12)8-10-4-6-14-7-5-10/h9-11,14H,1-8H2. The van der Waals surface area contributed by atoms with Crippen molar-refractivity contribution in [2.45, 2.75) is 44.4 Å². The Balaban J connectivity index is 1.58. The fourth-order valence-electron chi connectivity index (χ4n) is 2.63. The first-order valence-corrected chi connectivity index (χ1v) is 7.39. The molecular weight excluding hydrogens is 216 g/mol. The highest BCUT2D eigenvalue weighted by molar-refractivity contribution is 7.11. The summed E-state index contributed by atoms with van der Waals surface area (Å²) in [6.07, 6.45) is 10.2. The van der Waals surface area contributed by atoms with Gasteiger partial charge in [0, 0.05) is 17.5 Å². The average molecular weight is 236 g/mol. The van der Waals surface area contributed by atoms with Crippen LogP contribution in [-0.4, -0.2) is 18.1 Å². The summed E-state index contributed by atoms with van der Waals surface area (Å²) in [7, 11) is 0. The topological polar surface area (TPSA) is 24.9 Å². The van der Waals surface area contributed by atoms with E-state index >= 15 is 0 Å². The quantitative estimate of drug-likeness (QED) is 0.873. The van der Waals surface area contributed by atoms with Crippen LogP contribution < -0.4 is 5.32 Å². The Morgan fingerprint density at radius 3 is 2.75 bits per heavy atom. The van der Waals surface area contributed by atoms with Crippen molar-refractivity contribution in [3.8, 4) is 0 Å². The van der Waals surface area contributed by atoms with Gasteiger partial charge >= 0.3 is 0 Å². The molecule has 1 aromatic rings. The number of hydrogen-bond acceptors (Lipinski definition) is 3. The maximum absolute atomic E-state index is 4.61. The average Bonchev–Trinajstić information content (AvgIpc) is 2.65. The summed E-state index contributed by atoms with van der Waals surface area (Å²) in [4.78, 5) is 6.16. The molecule has 0 radical (unpaired) electrons. The van der Waals surface area contributed by atoms with Crippen LogP contribution in [0.25, 0.3) is 0 Å². The third-order valence-electron chi connectivity index (χ3n) is 4.00. The molecule has 2 fully saturated rings. The SMILES string of the molecule is c1nc(CC2CCNCC2)sc1C1CCC1. The van der Waals surface area contributed by atoms with Gasteiger partial charge in [0.2, 0.25) is 0 Å². The minimum Gasteiger partial charge on any atom is -0.317 e. The van der Waals surface area contributed by atoms with Gasteiger partial charge in [-0.05, 0) is 50.6 Å². The summed E-state index contributed by atoms with van der Waals surface area (Å²) in [6, 6.07) is 0. The molecule has 1 aliphatic carbocycles. The number of thiazole rings is 1. The normalized spacial score (nSPS) is 23.2. The van der Waals surface area contributed by atoms with E-state index in [0.717, 1.165) is 11.8 Å². The molecule has 88 valence electrons. The first kappa shape index (κ1) is 10.7. The Hall–Kier alpha value is -0.410. The van der Waals surface area contributed by atoms with E-state index in [1.54, 1.807) is 4.88 Å². The summed E-state index contributed by atoms with van der Waals surface area (Å²) < 4.78 is 0. The molecule has 3 rings (SSSR count). The van der Waals surface area contributed by atoms with E-state index in [9.17, 15) is 0 Å².